The number of benzene rings is 1. The molecule has 3 fully saturated rings. The first-order valence-corrected chi connectivity index (χ1v) is 9.84. The maximum atomic E-state index is 13.1. The molecule has 7 nitrogen and oxygen atoms in total. The Hall–Kier alpha value is -2.12. The van der Waals surface area contributed by atoms with Crippen LogP contribution in [0.3, 0.4) is 0 Å². The van der Waals surface area contributed by atoms with Gasteiger partial charge in [-0.3, -0.25) is 9.69 Å². The fourth-order valence-corrected chi connectivity index (χ4v) is 4.59. The van der Waals surface area contributed by atoms with Gasteiger partial charge < -0.3 is 20.3 Å². The summed E-state index contributed by atoms with van der Waals surface area (Å²) < 4.78 is 5.04. The summed E-state index contributed by atoms with van der Waals surface area (Å²) in [5, 5.41) is 6.49. The van der Waals surface area contributed by atoms with Crippen molar-refractivity contribution in [3.63, 3.8) is 0 Å². The summed E-state index contributed by atoms with van der Waals surface area (Å²) in [5.74, 6) is 0.444. The predicted octanol–water partition coefficient (Wildman–Crippen LogP) is 0.667. The summed E-state index contributed by atoms with van der Waals surface area (Å²) in [6.07, 6.45) is 0.577. The molecule has 0 spiro atoms. The van der Waals surface area contributed by atoms with Crippen LogP contribution in [-0.2, 0) is 16.1 Å². The van der Waals surface area contributed by atoms with Crippen molar-refractivity contribution < 1.29 is 14.3 Å². The number of likely N-dealkylation sites (tertiary alicyclic amines) is 1. The van der Waals surface area contributed by atoms with Gasteiger partial charge in [-0.05, 0) is 12.0 Å². The van der Waals surface area contributed by atoms with E-state index in [2.05, 4.69) is 39.8 Å². The molecule has 1 aromatic carbocycles. The van der Waals surface area contributed by atoms with Gasteiger partial charge in [0, 0.05) is 58.3 Å². The molecule has 3 aliphatic heterocycles. The summed E-state index contributed by atoms with van der Waals surface area (Å²) in [6, 6.07) is 10.4. The number of nitrogens with one attached hydrogen (secondary N) is 2. The van der Waals surface area contributed by atoms with Gasteiger partial charge in [-0.1, -0.05) is 30.3 Å². The van der Waals surface area contributed by atoms with E-state index in [0.29, 0.717) is 32.2 Å². The summed E-state index contributed by atoms with van der Waals surface area (Å²) in [7, 11) is 0. The highest BCUT2D eigenvalue weighted by Crippen LogP contribution is 2.39. The molecule has 3 heterocycles. The van der Waals surface area contributed by atoms with E-state index in [-0.39, 0.29) is 17.4 Å². The molecule has 2 amide bonds. The average Bonchev–Trinajstić information content (AvgIpc) is 3.22. The van der Waals surface area contributed by atoms with Gasteiger partial charge in [0.2, 0.25) is 5.91 Å². The molecule has 0 aliphatic carbocycles. The molecule has 1 aromatic rings. The highest BCUT2D eigenvalue weighted by Gasteiger charge is 2.54. The lowest BCUT2D eigenvalue weighted by Crippen LogP contribution is -2.50. The highest BCUT2D eigenvalue weighted by molar-refractivity contribution is 5.84. The zero-order valence-electron chi connectivity index (χ0n) is 15.7. The molecule has 0 aromatic heterocycles. The van der Waals surface area contributed by atoms with Crippen molar-refractivity contribution in [3.05, 3.63) is 35.9 Å². The van der Waals surface area contributed by atoms with Crippen molar-refractivity contribution in [2.75, 3.05) is 52.4 Å². The van der Waals surface area contributed by atoms with Gasteiger partial charge in [-0.15, -0.1) is 0 Å². The Bertz CT molecular complexity index is 683. The third-order valence-electron chi connectivity index (χ3n) is 6.02. The van der Waals surface area contributed by atoms with Crippen molar-refractivity contribution in [3.8, 4) is 0 Å². The molecule has 0 unspecified atom stereocenters. The monoisotopic (exact) mass is 372 g/mol. The predicted molar refractivity (Wildman–Crippen MR) is 101 cm³/mol. The molecule has 3 aliphatic rings. The molecule has 0 bridgehead atoms. The van der Waals surface area contributed by atoms with Gasteiger partial charge in [0.05, 0.1) is 12.0 Å². The van der Waals surface area contributed by atoms with Crippen molar-refractivity contribution in [1.82, 2.24) is 20.4 Å². The zero-order chi connectivity index (χ0) is 18.7. The van der Waals surface area contributed by atoms with Crippen molar-refractivity contribution in [2.45, 2.75) is 13.0 Å². The Morgan fingerprint density at radius 1 is 1.33 bits per heavy atom. The third-order valence-corrected chi connectivity index (χ3v) is 6.02. The number of cyclic esters (lactones) is 1. The number of hydrogen-bond donors (Lipinski definition) is 2. The van der Waals surface area contributed by atoms with Crippen LogP contribution in [0, 0.1) is 11.3 Å². The normalized spacial score (nSPS) is 28.1. The van der Waals surface area contributed by atoms with Gasteiger partial charge in [0.15, 0.2) is 0 Å². The van der Waals surface area contributed by atoms with Crippen molar-refractivity contribution >= 4 is 12.0 Å². The number of amides is 2. The molecule has 7 heteroatoms. The highest BCUT2D eigenvalue weighted by atomic mass is 16.6. The lowest BCUT2D eigenvalue weighted by Gasteiger charge is -2.29. The van der Waals surface area contributed by atoms with Crippen molar-refractivity contribution in [2.24, 2.45) is 11.3 Å². The van der Waals surface area contributed by atoms with E-state index in [1.165, 1.54) is 5.56 Å². The molecular formula is C20H28N4O3. The maximum absolute atomic E-state index is 13.1. The Morgan fingerprint density at radius 2 is 2.19 bits per heavy atom. The van der Waals surface area contributed by atoms with Crippen LogP contribution >= 0.6 is 0 Å². The number of rotatable bonds is 6. The molecule has 146 valence electrons. The maximum Gasteiger partial charge on any atom is 0.409 e. The van der Waals surface area contributed by atoms with E-state index < -0.39 is 0 Å². The average molecular weight is 372 g/mol. The van der Waals surface area contributed by atoms with Gasteiger partial charge in [-0.25, -0.2) is 4.79 Å². The lowest BCUT2D eigenvalue weighted by molar-refractivity contribution is -0.130. The summed E-state index contributed by atoms with van der Waals surface area (Å²) in [6.45, 7) is 6.38. The fraction of sp³-hybridized carbons (Fsp3) is 0.600. The minimum atomic E-state index is -0.364. The van der Waals surface area contributed by atoms with Crippen LogP contribution in [-0.4, -0.2) is 74.2 Å². The molecule has 3 saturated heterocycles. The van der Waals surface area contributed by atoms with E-state index in [1.807, 2.05) is 6.07 Å². The Morgan fingerprint density at radius 3 is 3.00 bits per heavy atom. The van der Waals surface area contributed by atoms with E-state index in [0.717, 1.165) is 39.1 Å². The van der Waals surface area contributed by atoms with Crippen molar-refractivity contribution in [1.29, 1.82) is 0 Å². The summed E-state index contributed by atoms with van der Waals surface area (Å²) in [5.41, 5.74) is 0.918. The van der Waals surface area contributed by atoms with E-state index >= 15 is 0 Å². The summed E-state index contributed by atoms with van der Waals surface area (Å²) >= 11 is 0. The number of carbonyl (C=O) groups excluding carboxylic acids is 2. The van der Waals surface area contributed by atoms with Crippen LogP contribution in [0.2, 0.25) is 0 Å². The molecular weight excluding hydrogens is 344 g/mol. The fourth-order valence-electron chi connectivity index (χ4n) is 4.59. The topological polar surface area (TPSA) is 73.9 Å². The Labute approximate surface area is 160 Å². The van der Waals surface area contributed by atoms with Crippen LogP contribution in [0.4, 0.5) is 4.79 Å². The van der Waals surface area contributed by atoms with Crippen LogP contribution in [0.1, 0.15) is 12.0 Å². The first-order valence-electron chi connectivity index (χ1n) is 9.84. The van der Waals surface area contributed by atoms with Gasteiger partial charge in [0.1, 0.15) is 0 Å². The Kier molecular flexibility index (Phi) is 5.31. The van der Waals surface area contributed by atoms with Gasteiger partial charge >= 0.3 is 6.09 Å². The van der Waals surface area contributed by atoms with Gasteiger partial charge in [0.25, 0.3) is 0 Å². The third kappa shape index (κ3) is 3.80. The lowest BCUT2D eigenvalue weighted by atomic mass is 9.80. The first kappa shape index (κ1) is 18.3. The second-order valence-electron chi connectivity index (χ2n) is 7.85. The number of nitrogens with zero attached hydrogens (tertiary/aromatic N) is 2. The first-order chi connectivity index (χ1) is 13.2. The molecule has 2 N–H and O–H groups in total. The van der Waals surface area contributed by atoms with Crippen LogP contribution < -0.4 is 10.6 Å². The SMILES string of the molecule is O=C1OCCCN1CCNC(=O)[C@]12CNC[C@H]1CN(Cc1ccccc1)C2. The molecule has 2 atom stereocenters. The van der Waals surface area contributed by atoms with Gasteiger partial charge in [-0.2, -0.15) is 0 Å². The van der Waals surface area contributed by atoms with E-state index in [1.54, 1.807) is 4.90 Å². The number of ether oxygens (including phenoxy) is 1. The number of carbonyl (C=O) groups is 2. The molecule has 0 saturated carbocycles. The Balaban J connectivity index is 1.33. The molecule has 4 rings (SSSR count). The van der Waals surface area contributed by atoms with Crippen LogP contribution in [0.25, 0.3) is 0 Å². The number of hydrogen-bond acceptors (Lipinski definition) is 5. The molecule has 0 radical (unpaired) electrons. The van der Waals surface area contributed by atoms with Crippen LogP contribution in [0.15, 0.2) is 30.3 Å². The second kappa shape index (κ2) is 7.86. The quantitative estimate of drug-likeness (QED) is 0.768. The smallest absolute Gasteiger partial charge is 0.409 e. The minimum Gasteiger partial charge on any atom is -0.449 e. The second-order valence-corrected chi connectivity index (χ2v) is 7.85. The van der Waals surface area contributed by atoms with E-state index in [9.17, 15) is 9.59 Å². The van der Waals surface area contributed by atoms with Crippen LogP contribution in [0.5, 0.6) is 0 Å². The zero-order valence-corrected chi connectivity index (χ0v) is 15.7. The number of fused-ring (bicyclic) bond motifs is 1. The largest absolute Gasteiger partial charge is 0.449 e. The standard InChI is InChI=1S/C20H28N4O3/c25-18(22-7-9-24-8-4-10-27-19(24)26)20-14-21-11-17(20)13-23(15-20)12-16-5-2-1-3-6-16/h1-3,5-6,17,21H,4,7-15H2,(H,22,25)/t17-,20-/m0/s1. The minimum absolute atomic E-state index is 0.110. The molecule has 27 heavy (non-hydrogen) atoms. The van der Waals surface area contributed by atoms with E-state index in [4.69, 9.17) is 4.74 Å². The summed E-state index contributed by atoms with van der Waals surface area (Å²) in [4.78, 5) is 28.8.